The van der Waals surface area contributed by atoms with Crippen molar-refractivity contribution in [3.8, 4) is 21.9 Å². The van der Waals surface area contributed by atoms with Crippen LogP contribution in [-0.4, -0.2) is 18.0 Å². The van der Waals surface area contributed by atoms with Crippen molar-refractivity contribution in [1.29, 1.82) is 0 Å². The Morgan fingerprint density at radius 1 is 1.08 bits per heavy atom. The predicted octanol–water partition coefficient (Wildman–Crippen LogP) is 4.78. The highest BCUT2D eigenvalue weighted by Gasteiger charge is 2.24. The summed E-state index contributed by atoms with van der Waals surface area (Å²) in [6.07, 6.45) is 0. The molecule has 3 nitrogen and oxygen atoms in total. The summed E-state index contributed by atoms with van der Waals surface area (Å²) in [5, 5.41) is 9.25. The number of aromatic hydroxyl groups is 1. The zero-order valence-corrected chi connectivity index (χ0v) is 13.7. The van der Waals surface area contributed by atoms with E-state index >= 15 is 0 Å². The lowest BCUT2D eigenvalue weighted by Crippen LogP contribution is -2.05. The Labute approximate surface area is 144 Å². The van der Waals surface area contributed by atoms with Crippen molar-refractivity contribution in [3.05, 3.63) is 70.4 Å². The van der Waals surface area contributed by atoms with Crippen LogP contribution in [-0.2, 0) is 0 Å². The summed E-state index contributed by atoms with van der Waals surface area (Å²) in [5.74, 6) is -6.42. The second-order valence-electron chi connectivity index (χ2n) is 5.11. The molecule has 1 aromatic heterocycles. The Morgan fingerprint density at radius 2 is 1.84 bits per heavy atom. The summed E-state index contributed by atoms with van der Waals surface area (Å²) in [5.41, 5.74) is 0.0625. The van der Waals surface area contributed by atoms with E-state index in [4.69, 9.17) is 4.74 Å². The Balaban J connectivity index is 1.99. The Kier molecular flexibility index (Phi) is 4.50. The molecule has 0 saturated carbocycles. The molecular formula is C18H11F3O3S. The average Bonchev–Trinajstić information content (AvgIpc) is 3.12. The van der Waals surface area contributed by atoms with Crippen LogP contribution in [0.3, 0.4) is 0 Å². The third-order valence-electron chi connectivity index (χ3n) is 3.56. The third kappa shape index (κ3) is 3.10. The first kappa shape index (κ1) is 17.0. The molecule has 25 heavy (non-hydrogen) atoms. The fraction of sp³-hybridized carbons (Fsp3) is 0.0556. The van der Waals surface area contributed by atoms with Gasteiger partial charge in [0.05, 0.1) is 17.6 Å². The Morgan fingerprint density at radius 3 is 2.56 bits per heavy atom. The molecule has 1 heterocycles. The molecule has 0 unspecified atom stereocenters. The zero-order valence-electron chi connectivity index (χ0n) is 12.8. The summed E-state index contributed by atoms with van der Waals surface area (Å²) in [6, 6.07) is 10.7. The number of phenolic OH excluding ortho intramolecular Hbond substituents is 1. The van der Waals surface area contributed by atoms with Gasteiger partial charge in [0.2, 0.25) is 11.6 Å². The van der Waals surface area contributed by atoms with Gasteiger partial charge in [-0.15, -0.1) is 11.3 Å². The molecule has 0 aliphatic heterocycles. The van der Waals surface area contributed by atoms with E-state index in [-0.39, 0.29) is 4.88 Å². The van der Waals surface area contributed by atoms with Crippen LogP contribution in [0, 0.1) is 17.5 Å². The van der Waals surface area contributed by atoms with E-state index in [1.165, 1.54) is 13.2 Å². The molecule has 1 N–H and O–H groups in total. The number of ether oxygens (including phenoxy) is 1. The molecule has 0 atom stereocenters. The molecule has 0 aliphatic carbocycles. The van der Waals surface area contributed by atoms with Gasteiger partial charge in [-0.3, -0.25) is 4.79 Å². The number of hydrogen-bond acceptors (Lipinski definition) is 4. The second-order valence-corrected chi connectivity index (χ2v) is 6.19. The molecule has 0 radical (unpaired) electrons. The van der Waals surface area contributed by atoms with Gasteiger partial charge >= 0.3 is 0 Å². The second kappa shape index (κ2) is 6.60. The minimum atomic E-state index is -1.72. The number of carbonyl (C=O) groups excluding carboxylic acids is 1. The van der Waals surface area contributed by atoms with Crippen molar-refractivity contribution in [2.75, 3.05) is 7.11 Å². The van der Waals surface area contributed by atoms with Crippen LogP contribution in [0.4, 0.5) is 13.2 Å². The lowest BCUT2D eigenvalue weighted by molar-refractivity contribution is 0.103. The molecule has 0 saturated heterocycles. The lowest BCUT2D eigenvalue weighted by Gasteiger charge is -2.05. The summed E-state index contributed by atoms with van der Waals surface area (Å²) < 4.78 is 45.6. The van der Waals surface area contributed by atoms with Crippen LogP contribution in [0.2, 0.25) is 0 Å². The van der Waals surface area contributed by atoms with E-state index in [9.17, 15) is 23.1 Å². The number of hydrogen-bond donors (Lipinski definition) is 1. The maximum Gasteiger partial charge on any atom is 0.206 e. The van der Waals surface area contributed by atoms with Gasteiger partial charge in [-0.25, -0.2) is 8.78 Å². The number of ketones is 1. The predicted molar refractivity (Wildman–Crippen MR) is 87.7 cm³/mol. The van der Waals surface area contributed by atoms with Gasteiger partial charge < -0.3 is 9.84 Å². The number of benzene rings is 2. The third-order valence-corrected chi connectivity index (χ3v) is 4.69. The molecular weight excluding hydrogens is 353 g/mol. The topological polar surface area (TPSA) is 46.5 Å². The average molecular weight is 364 g/mol. The van der Waals surface area contributed by atoms with Gasteiger partial charge in [-0.05, 0) is 35.9 Å². The van der Waals surface area contributed by atoms with Gasteiger partial charge in [0.25, 0.3) is 0 Å². The minimum Gasteiger partial charge on any atom is -0.503 e. The van der Waals surface area contributed by atoms with E-state index in [1.54, 1.807) is 24.3 Å². The molecule has 128 valence electrons. The number of thiophene rings is 1. The number of rotatable bonds is 4. The Bertz CT molecular complexity index is 966. The van der Waals surface area contributed by atoms with Crippen molar-refractivity contribution in [2.24, 2.45) is 0 Å². The van der Waals surface area contributed by atoms with Gasteiger partial charge in [0.1, 0.15) is 5.75 Å². The van der Waals surface area contributed by atoms with Crippen molar-refractivity contribution in [3.63, 3.8) is 0 Å². The normalized spacial score (nSPS) is 10.7. The molecule has 2 aromatic carbocycles. The highest BCUT2D eigenvalue weighted by Crippen LogP contribution is 2.33. The summed E-state index contributed by atoms with van der Waals surface area (Å²) in [4.78, 5) is 13.2. The Hall–Kier alpha value is -2.80. The van der Waals surface area contributed by atoms with E-state index in [0.29, 0.717) is 11.8 Å². The molecule has 0 fully saturated rings. The monoisotopic (exact) mass is 364 g/mol. The van der Waals surface area contributed by atoms with Gasteiger partial charge in [0, 0.05) is 4.88 Å². The summed E-state index contributed by atoms with van der Waals surface area (Å²) in [7, 11) is 1.53. The maximum absolute atomic E-state index is 13.9. The van der Waals surface area contributed by atoms with E-state index in [1.807, 2.05) is 6.07 Å². The standard InChI is InChI=1S/C18H11F3O3S/c1-24-10-4-2-3-9(7-10)13-5-6-14(25-13)17(22)11-8-12(19)16(21)18(23)15(11)20/h2-8,23H,1H3. The van der Waals surface area contributed by atoms with E-state index < -0.39 is 34.5 Å². The molecule has 0 bridgehead atoms. The van der Waals surface area contributed by atoms with Crippen LogP contribution < -0.4 is 4.74 Å². The summed E-state index contributed by atoms with van der Waals surface area (Å²) >= 11 is 1.06. The highest BCUT2D eigenvalue weighted by molar-refractivity contribution is 7.17. The highest BCUT2D eigenvalue weighted by atomic mass is 32.1. The molecule has 0 amide bonds. The molecule has 3 aromatic rings. The lowest BCUT2D eigenvalue weighted by atomic mass is 10.1. The quantitative estimate of drug-likeness (QED) is 0.535. The largest absolute Gasteiger partial charge is 0.503 e. The van der Waals surface area contributed by atoms with Crippen molar-refractivity contribution in [1.82, 2.24) is 0 Å². The number of halogens is 3. The fourth-order valence-electron chi connectivity index (χ4n) is 2.28. The van der Waals surface area contributed by atoms with E-state index in [2.05, 4.69) is 0 Å². The van der Waals surface area contributed by atoms with Crippen LogP contribution in [0.25, 0.3) is 10.4 Å². The first-order chi connectivity index (χ1) is 11.9. The van der Waals surface area contributed by atoms with Crippen LogP contribution in [0.15, 0.2) is 42.5 Å². The van der Waals surface area contributed by atoms with Crippen LogP contribution >= 0.6 is 11.3 Å². The smallest absolute Gasteiger partial charge is 0.206 e. The number of carbonyl (C=O) groups is 1. The van der Waals surface area contributed by atoms with Crippen LogP contribution in [0.5, 0.6) is 11.5 Å². The molecule has 3 rings (SSSR count). The van der Waals surface area contributed by atoms with Crippen molar-refractivity contribution >= 4 is 17.1 Å². The molecule has 0 spiro atoms. The minimum absolute atomic E-state index is 0.127. The summed E-state index contributed by atoms with van der Waals surface area (Å²) in [6.45, 7) is 0. The van der Waals surface area contributed by atoms with Gasteiger partial charge in [-0.1, -0.05) is 12.1 Å². The molecule has 7 heteroatoms. The number of methoxy groups -OCH3 is 1. The first-order valence-electron chi connectivity index (χ1n) is 7.07. The molecule has 0 aliphatic rings. The van der Waals surface area contributed by atoms with E-state index in [0.717, 1.165) is 21.8 Å². The van der Waals surface area contributed by atoms with Crippen molar-refractivity contribution < 1.29 is 27.8 Å². The zero-order chi connectivity index (χ0) is 18.1. The van der Waals surface area contributed by atoms with Gasteiger partial charge in [0.15, 0.2) is 17.4 Å². The van der Waals surface area contributed by atoms with Crippen molar-refractivity contribution in [2.45, 2.75) is 0 Å². The van der Waals surface area contributed by atoms with Crippen LogP contribution in [0.1, 0.15) is 15.2 Å². The maximum atomic E-state index is 13.9. The fourth-order valence-corrected chi connectivity index (χ4v) is 3.24. The van der Waals surface area contributed by atoms with Gasteiger partial charge in [-0.2, -0.15) is 4.39 Å². The SMILES string of the molecule is COc1cccc(-c2ccc(C(=O)c3cc(F)c(F)c(O)c3F)s2)c1. The first-order valence-corrected chi connectivity index (χ1v) is 7.89. The number of phenols is 1.